The van der Waals surface area contributed by atoms with E-state index in [-0.39, 0.29) is 11.0 Å². The molecule has 0 aliphatic carbocycles. The van der Waals surface area contributed by atoms with Gasteiger partial charge in [0.05, 0.1) is 20.6 Å². The number of likely N-dealkylation sites (N-methyl/N-ethyl adjacent to an activating group) is 1. The lowest BCUT2D eigenvalue weighted by atomic mass is 10.2. The van der Waals surface area contributed by atoms with Gasteiger partial charge in [-0.1, -0.05) is 0 Å². The molecule has 0 aliphatic heterocycles. The molecule has 0 rings (SSSR count). The van der Waals surface area contributed by atoms with Crippen LogP contribution in [-0.2, 0) is 19.4 Å². The maximum absolute atomic E-state index is 10.9. The fraction of sp³-hybridized carbons (Fsp3) is 0.857. The molecule has 0 fully saturated rings. The van der Waals surface area contributed by atoms with E-state index in [0.717, 1.165) is 6.92 Å². The van der Waals surface area contributed by atoms with E-state index in [1.807, 2.05) is 0 Å². The van der Waals surface area contributed by atoms with Gasteiger partial charge in [-0.2, -0.15) is 12.6 Å². The van der Waals surface area contributed by atoms with Crippen LogP contribution in [0, 0.1) is 0 Å². The van der Waals surface area contributed by atoms with E-state index >= 15 is 0 Å². The second kappa shape index (κ2) is 4.05. The van der Waals surface area contributed by atoms with E-state index < -0.39 is 22.1 Å². The summed E-state index contributed by atoms with van der Waals surface area (Å²) in [4.78, 5) is 10.9. The highest BCUT2D eigenvalue weighted by molar-refractivity contribution is 7.80. The third-order valence-corrected chi connectivity index (χ3v) is 3.13. The second-order valence-corrected chi connectivity index (χ2v) is 4.80. The van der Waals surface area contributed by atoms with Crippen molar-refractivity contribution in [3.63, 3.8) is 0 Å². The van der Waals surface area contributed by atoms with E-state index in [0.29, 0.717) is 0 Å². The van der Waals surface area contributed by atoms with Gasteiger partial charge in [-0.25, -0.2) is 0 Å². The molecule has 0 aromatic rings. The SMILES string of the molecule is CC[N+](C)(C)C(C)(OS(=O)(=O)O)C(=O)[O-]. The molecule has 1 unspecified atom stereocenters. The Bertz CT molecular complexity index is 348. The standard InChI is InChI=1S/C7H15NO6S/c1-5-8(3,4)7(2,6(9)10)14-15(11,12)13/h5H2,1-4H3,(H-,9,10,11,12,13). The highest BCUT2D eigenvalue weighted by Crippen LogP contribution is 2.23. The van der Waals surface area contributed by atoms with Gasteiger partial charge in [0.2, 0.25) is 0 Å². The fourth-order valence-corrected chi connectivity index (χ4v) is 1.57. The van der Waals surface area contributed by atoms with Crippen molar-refractivity contribution >= 4 is 16.4 Å². The highest BCUT2D eigenvalue weighted by atomic mass is 32.3. The predicted molar refractivity (Wildman–Crippen MR) is 48.7 cm³/mol. The van der Waals surface area contributed by atoms with E-state index in [4.69, 9.17) is 4.55 Å². The van der Waals surface area contributed by atoms with Crippen LogP contribution in [0.15, 0.2) is 0 Å². The number of rotatable bonds is 5. The van der Waals surface area contributed by atoms with Crippen LogP contribution in [-0.4, -0.2) is 49.8 Å². The maximum atomic E-state index is 10.9. The van der Waals surface area contributed by atoms with Crippen molar-refractivity contribution in [2.45, 2.75) is 19.6 Å². The summed E-state index contributed by atoms with van der Waals surface area (Å²) in [6.45, 7) is 2.95. The molecule has 0 amide bonds. The van der Waals surface area contributed by atoms with E-state index in [2.05, 4.69) is 4.18 Å². The Kier molecular flexibility index (Phi) is 3.86. The molecule has 7 nitrogen and oxygen atoms in total. The lowest BCUT2D eigenvalue weighted by Crippen LogP contribution is -2.68. The summed E-state index contributed by atoms with van der Waals surface area (Å²) in [7, 11) is -1.97. The Morgan fingerprint density at radius 3 is 2.13 bits per heavy atom. The third kappa shape index (κ3) is 3.13. The summed E-state index contributed by atoms with van der Waals surface area (Å²) in [6, 6.07) is 0. The molecule has 0 aromatic heterocycles. The highest BCUT2D eigenvalue weighted by Gasteiger charge is 2.47. The maximum Gasteiger partial charge on any atom is 0.402 e. The molecule has 0 radical (unpaired) electrons. The number of quaternary nitrogens is 1. The van der Waals surface area contributed by atoms with Gasteiger partial charge in [0.15, 0.2) is 0 Å². The molecule has 0 heterocycles. The lowest BCUT2D eigenvalue weighted by molar-refractivity contribution is -0.951. The van der Waals surface area contributed by atoms with Gasteiger partial charge < -0.3 is 9.90 Å². The molecule has 0 spiro atoms. The Hall–Kier alpha value is -0.700. The molecule has 0 saturated carbocycles. The van der Waals surface area contributed by atoms with Gasteiger partial charge in [-0.3, -0.25) is 9.04 Å². The summed E-state index contributed by atoms with van der Waals surface area (Å²) in [5.74, 6) is -1.72. The zero-order chi connectivity index (χ0) is 12.5. The summed E-state index contributed by atoms with van der Waals surface area (Å²) < 4.78 is 33.5. The molecule has 15 heavy (non-hydrogen) atoms. The van der Waals surface area contributed by atoms with Gasteiger partial charge >= 0.3 is 10.4 Å². The summed E-state index contributed by atoms with van der Waals surface area (Å²) >= 11 is 0. The minimum absolute atomic E-state index is 0.278. The van der Waals surface area contributed by atoms with Crippen LogP contribution in [0.25, 0.3) is 0 Å². The van der Waals surface area contributed by atoms with Crippen LogP contribution in [0.2, 0.25) is 0 Å². The quantitative estimate of drug-likeness (QED) is 0.352. The van der Waals surface area contributed by atoms with E-state index in [1.54, 1.807) is 6.92 Å². The van der Waals surface area contributed by atoms with Gasteiger partial charge in [0, 0.05) is 6.92 Å². The molecule has 0 bridgehead atoms. The van der Waals surface area contributed by atoms with E-state index in [9.17, 15) is 18.3 Å². The van der Waals surface area contributed by atoms with Crippen LogP contribution < -0.4 is 5.11 Å². The lowest BCUT2D eigenvalue weighted by Gasteiger charge is -2.44. The van der Waals surface area contributed by atoms with Gasteiger partial charge in [-0.05, 0) is 6.92 Å². The van der Waals surface area contributed by atoms with Gasteiger partial charge in [-0.15, -0.1) is 0 Å². The van der Waals surface area contributed by atoms with Crippen LogP contribution >= 0.6 is 0 Å². The zero-order valence-electron chi connectivity index (χ0n) is 9.05. The number of carbonyl (C=O) groups excluding carboxylic acids is 1. The Labute approximate surface area is 88.8 Å². The summed E-state index contributed by atoms with van der Waals surface area (Å²) in [5.41, 5.74) is -2.16. The number of carboxylic acid groups (broad SMARTS) is 1. The molecule has 0 aliphatic rings. The van der Waals surface area contributed by atoms with Crippen molar-refractivity contribution in [1.82, 2.24) is 0 Å². The fourth-order valence-electron chi connectivity index (χ4n) is 0.889. The summed E-state index contributed by atoms with van der Waals surface area (Å²) in [6.07, 6.45) is 0. The van der Waals surface area contributed by atoms with Gasteiger partial charge in [0.1, 0.15) is 5.97 Å². The van der Waals surface area contributed by atoms with Crippen LogP contribution in [0.1, 0.15) is 13.8 Å². The van der Waals surface area contributed by atoms with Crippen LogP contribution in [0.4, 0.5) is 0 Å². The molecule has 8 heteroatoms. The Morgan fingerprint density at radius 1 is 1.53 bits per heavy atom. The van der Waals surface area contributed by atoms with Crippen molar-refractivity contribution in [2.75, 3.05) is 20.6 Å². The third-order valence-electron chi connectivity index (χ3n) is 2.59. The van der Waals surface area contributed by atoms with Crippen molar-refractivity contribution in [2.24, 2.45) is 0 Å². The normalized spacial score (nSPS) is 17.1. The zero-order valence-corrected chi connectivity index (χ0v) is 9.87. The van der Waals surface area contributed by atoms with Crippen molar-refractivity contribution < 1.29 is 31.5 Å². The van der Waals surface area contributed by atoms with Crippen LogP contribution in [0.3, 0.4) is 0 Å². The topological polar surface area (TPSA) is 104 Å². The average molecular weight is 241 g/mol. The first-order valence-corrected chi connectivity index (χ1v) is 5.55. The first kappa shape index (κ1) is 14.3. The van der Waals surface area contributed by atoms with Crippen molar-refractivity contribution in [1.29, 1.82) is 0 Å². The molecule has 90 valence electrons. The average Bonchev–Trinajstić information content (AvgIpc) is 2.00. The Morgan fingerprint density at radius 2 is 1.93 bits per heavy atom. The second-order valence-electron chi connectivity index (χ2n) is 3.78. The van der Waals surface area contributed by atoms with Crippen molar-refractivity contribution in [3.05, 3.63) is 0 Å². The van der Waals surface area contributed by atoms with Crippen LogP contribution in [0.5, 0.6) is 0 Å². The molecule has 1 N–H and O–H groups in total. The smallest absolute Gasteiger partial charge is 0.402 e. The number of hydrogen-bond donors (Lipinski definition) is 1. The van der Waals surface area contributed by atoms with Crippen molar-refractivity contribution in [3.8, 4) is 0 Å². The minimum atomic E-state index is -4.86. The van der Waals surface area contributed by atoms with E-state index in [1.165, 1.54) is 14.1 Å². The van der Waals surface area contributed by atoms with Gasteiger partial charge in [0.25, 0.3) is 5.72 Å². The number of carbonyl (C=O) groups is 1. The minimum Gasteiger partial charge on any atom is -0.542 e. The number of hydrogen-bond acceptors (Lipinski definition) is 5. The molecular formula is C7H15NO6S. The summed E-state index contributed by atoms with van der Waals surface area (Å²) in [5, 5.41) is 10.9. The first-order valence-electron chi connectivity index (χ1n) is 4.19. The number of carboxylic acids is 1. The molecule has 0 saturated heterocycles. The number of nitrogens with zero attached hydrogens (tertiary/aromatic N) is 1. The first-order chi connectivity index (χ1) is 6.46. The number of aliphatic carboxylic acids is 1. The predicted octanol–water partition coefficient (Wildman–Crippen LogP) is -1.63. The molecular weight excluding hydrogens is 226 g/mol. The Balaban J connectivity index is 5.37. The largest absolute Gasteiger partial charge is 0.542 e. The monoisotopic (exact) mass is 241 g/mol. The molecule has 1 atom stereocenters. The molecule has 0 aromatic carbocycles.